The minimum absolute atomic E-state index is 0.0200. The molecule has 0 amide bonds. The Morgan fingerprint density at radius 1 is 1.32 bits per heavy atom. The maximum absolute atomic E-state index is 12.9. The molecule has 1 aliphatic rings. The predicted octanol–water partition coefficient (Wildman–Crippen LogP) is 4.98. The highest BCUT2D eigenvalue weighted by Crippen LogP contribution is 2.40. The molecule has 0 spiro atoms. The zero-order valence-corrected chi connectivity index (χ0v) is 17.1. The second-order valence-electron chi connectivity index (χ2n) is 6.99. The molecule has 0 atom stereocenters. The predicted molar refractivity (Wildman–Crippen MR) is 114 cm³/mol. The molecule has 0 unspecified atom stereocenters. The summed E-state index contributed by atoms with van der Waals surface area (Å²) in [6, 6.07) is 9.04. The summed E-state index contributed by atoms with van der Waals surface area (Å²) in [6.45, 7) is 3.65. The minimum Gasteiger partial charge on any atom is -0.506 e. The monoisotopic (exact) mass is 397 g/mol. The molecule has 28 heavy (non-hydrogen) atoms. The number of methoxy groups -OCH3 is 1. The average Bonchev–Trinajstić information content (AvgIpc) is 2.67. The van der Waals surface area contributed by atoms with Crippen LogP contribution in [0.25, 0.3) is 11.6 Å². The smallest absolute Gasteiger partial charge is 0.193 e. The number of phenols is 1. The molecule has 0 aromatic heterocycles. The molecule has 1 aliphatic heterocycles. The van der Waals surface area contributed by atoms with E-state index in [9.17, 15) is 9.90 Å². The fourth-order valence-electron chi connectivity index (χ4n) is 3.44. The van der Waals surface area contributed by atoms with Gasteiger partial charge in [0.2, 0.25) is 0 Å². The fraction of sp³-hybridized carbons (Fsp3) is 0.261. The van der Waals surface area contributed by atoms with Gasteiger partial charge in [-0.3, -0.25) is 4.79 Å². The van der Waals surface area contributed by atoms with Crippen LogP contribution in [-0.2, 0) is 0 Å². The van der Waals surface area contributed by atoms with Crippen molar-refractivity contribution in [2.45, 2.75) is 13.3 Å². The summed E-state index contributed by atoms with van der Waals surface area (Å²) in [5.41, 5.74) is 3.67. The summed E-state index contributed by atoms with van der Waals surface area (Å²) in [5.74, 6) is 0.0329. The van der Waals surface area contributed by atoms with Crippen LogP contribution in [-0.4, -0.2) is 43.0 Å². The van der Waals surface area contributed by atoms with Crippen LogP contribution in [0, 0.1) is 6.92 Å². The molecule has 0 aliphatic carbocycles. The van der Waals surface area contributed by atoms with Crippen molar-refractivity contribution >= 4 is 29.0 Å². The molecule has 5 heteroatoms. The molecule has 0 saturated carbocycles. The number of halogens is 1. The van der Waals surface area contributed by atoms with E-state index in [-0.39, 0.29) is 17.1 Å². The van der Waals surface area contributed by atoms with Crippen molar-refractivity contribution in [3.05, 3.63) is 69.8 Å². The zero-order valence-electron chi connectivity index (χ0n) is 16.3. The number of ketones is 1. The van der Waals surface area contributed by atoms with E-state index in [1.807, 2.05) is 25.1 Å². The number of phenolic OH excluding ortho intramolecular Hbond substituents is 1. The van der Waals surface area contributed by atoms with Gasteiger partial charge in [-0.25, -0.2) is 0 Å². The first-order valence-corrected chi connectivity index (χ1v) is 9.55. The van der Waals surface area contributed by atoms with Crippen molar-refractivity contribution in [1.82, 2.24) is 4.90 Å². The van der Waals surface area contributed by atoms with E-state index in [1.165, 1.54) is 13.2 Å². The van der Waals surface area contributed by atoms with E-state index in [2.05, 4.69) is 18.0 Å². The molecule has 4 nitrogen and oxygen atoms in total. The van der Waals surface area contributed by atoms with Crippen LogP contribution in [0.15, 0.2) is 42.5 Å². The summed E-state index contributed by atoms with van der Waals surface area (Å²) < 4.78 is 5.40. The second kappa shape index (κ2) is 8.63. The Kier molecular flexibility index (Phi) is 6.22. The molecular weight excluding hydrogens is 374 g/mol. The van der Waals surface area contributed by atoms with Crippen LogP contribution in [0.3, 0.4) is 0 Å². The highest BCUT2D eigenvalue weighted by Gasteiger charge is 2.24. The number of benzene rings is 2. The van der Waals surface area contributed by atoms with Crippen LogP contribution in [0.4, 0.5) is 0 Å². The molecule has 146 valence electrons. The normalized spacial score (nSPS) is 14.9. The Hall–Kier alpha value is -2.56. The van der Waals surface area contributed by atoms with E-state index < -0.39 is 0 Å². The molecule has 0 fully saturated rings. The lowest BCUT2D eigenvalue weighted by atomic mass is 9.91. The summed E-state index contributed by atoms with van der Waals surface area (Å²) >= 11 is 6.00. The Balaban J connectivity index is 2.02. The summed E-state index contributed by atoms with van der Waals surface area (Å²) in [5, 5.41) is 11.6. The van der Waals surface area contributed by atoms with Crippen LogP contribution < -0.4 is 4.74 Å². The number of hydrogen-bond donors (Lipinski definition) is 1. The lowest BCUT2D eigenvalue weighted by molar-refractivity contribution is 0.104. The Bertz CT molecular complexity index is 963. The highest BCUT2D eigenvalue weighted by molar-refractivity contribution is 6.30. The standard InChI is InChI=1S/C23H24ClNO3/c1-15-13-20(28-3)22(19(26)8-7-16-5-4-6-18(24)14-16)23(27)21(15)17-9-11-25(2)12-10-17/h4-9,13-14,27H,10-12H2,1-3H3/b8-7+. The summed E-state index contributed by atoms with van der Waals surface area (Å²) in [6.07, 6.45) is 6.05. The maximum Gasteiger partial charge on any atom is 0.193 e. The van der Waals surface area contributed by atoms with Crippen LogP contribution in [0.1, 0.15) is 33.5 Å². The van der Waals surface area contributed by atoms with Gasteiger partial charge in [0.05, 0.1) is 7.11 Å². The van der Waals surface area contributed by atoms with Gasteiger partial charge in [-0.15, -0.1) is 0 Å². The van der Waals surface area contributed by atoms with Gasteiger partial charge in [0.25, 0.3) is 0 Å². The third-order valence-corrected chi connectivity index (χ3v) is 5.17. The van der Waals surface area contributed by atoms with Gasteiger partial charge in [0, 0.05) is 23.7 Å². The lowest BCUT2D eigenvalue weighted by Crippen LogP contribution is -2.24. The number of nitrogens with zero attached hydrogens (tertiary/aromatic N) is 1. The molecular formula is C23H24ClNO3. The van der Waals surface area contributed by atoms with Crippen LogP contribution in [0.2, 0.25) is 5.02 Å². The number of likely N-dealkylation sites (N-methyl/N-ethyl adjacent to an activating group) is 1. The molecule has 3 rings (SSSR count). The molecule has 1 heterocycles. The van der Waals surface area contributed by atoms with Crippen molar-refractivity contribution in [2.75, 3.05) is 27.2 Å². The molecule has 2 aromatic rings. The van der Waals surface area contributed by atoms with Crippen molar-refractivity contribution in [3.8, 4) is 11.5 Å². The topological polar surface area (TPSA) is 49.8 Å². The summed E-state index contributed by atoms with van der Waals surface area (Å²) in [7, 11) is 3.56. The van der Waals surface area contributed by atoms with Crippen molar-refractivity contribution in [1.29, 1.82) is 0 Å². The highest BCUT2D eigenvalue weighted by atomic mass is 35.5. The second-order valence-corrected chi connectivity index (χ2v) is 7.42. The largest absolute Gasteiger partial charge is 0.506 e. The van der Waals surface area contributed by atoms with E-state index in [0.29, 0.717) is 10.8 Å². The van der Waals surface area contributed by atoms with Gasteiger partial charge in [-0.2, -0.15) is 0 Å². The number of allylic oxidation sites excluding steroid dienone is 1. The van der Waals surface area contributed by atoms with E-state index in [4.69, 9.17) is 16.3 Å². The molecule has 0 saturated heterocycles. The first-order chi connectivity index (χ1) is 13.4. The molecule has 1 N–H and O–H groups in total. The fourth-order valence-corrected chi connectivity index (χ4v) is 3.64. The zero-order chi connectivity index (χ0) is 20.3. The number of carbonyl (C=O) groups excluding carboxylic acids is 1. The maximum atomic E-state index is 12.9. The van der Waals surface area contributed by atoms with Crippen molar-refractivity contribution in [3.63, 3.8) is 0 Å². The molecule has 0 radical (unpaired) electrons. The van der Waals surface area contributed by atoms with Crippen LogP contribution in [0.5, 0.6) is 11.5 Å². The number of rotatable bonds is 5. The van der Waals surface area contributed by atoms with Crippen LogP contribution >= 0.6 is 11.6 Å². The van der Waals surface area contributed by atoms with Gasteiger partial charge >= 0.3 is 0 Å². The number of aryl methyl sites for hydroxylation is 1. The van der Waals surface area contributed by atoms with Gasteiger partial charge in [-0.05, 0) is 61.4 Å². The molecule has 0 bridgehead atoms. The minimum atomic E-state index is -0.316. The Morgan fingerprint density at radius 3 is 2.75 bits per heavy atom. The molecule has 2 aromatic carbocycles. The Labute approximate surface area is 170 Å². The van der Waals surface area contributed by atoms with Crippen molar-refractivity contribution in [2.24, 2.45) is 0 Å². The van der Waals surface area contributed by atoms with Gasteiger partial charge in [0.1, 0.15) is 17.1 Å². The van der Waals surface area contributed by atoms with E-state index >= 15 is 0 Å². The SMILES string of the molecule is COc1cc(C)c(C2=CCN(C)CC2)c(O)c1C(=O)/C=C/c1cccc(Cl)c1. The van der Waals surface area contributed by atoms with E-state index in [1.54, 1.807) is 18.2 Å². The number of carbonyl (C=O) groups is 1. The summed E-state index contributed by atoms with van der Waals surface area (Å²) in [4.78, 5) is 15.1. The Morgan fingerprint density at radius 2 is 2.11 bits per heavy atom. The van der Waals surface area contributed by atoms with Gasteiger partial charge in [-0.1, -0.05) is 35.9 Å². The van der Waals surface area contributed by atoms with Crippen molar-refractivity contribution < 1.29 is 14.6 Å². The number of aromatic hydroxyl groups is 1. The first-order valence-electron chi connectivity index (χ1n) is 9.17. The average molecular weight is 398 g/mol. The van der Waals surface area contributed by atoms with Gasteiger partial charge < -0.3 is 14.7 Å². The third-order valence-electron chi connectivity index (χ3n) is 4.94. The first kappa shape index (κ1) is 20.2. The quantitative estimate of drug-likeness (QED) is 0.571. The third kappa shape index (κ3) is 4.29. The van der Waals surface area contributed by atoms with E-state index in [0.717, 1.165) is 41.8 Å². The number of ether oxygens (including phenoxy) is 1. The van der Waals surface area contributed by atoms with Gasteiger partial charge in [0.15, 0.2) is 5.78 Å². The lowest BCUT2D eigenvalue weighted by Gasteiger charge is -2.24. The number of hydrogen-bond acceptors (Lipinski definition) is 4.